The first-order valence-electron chi connectivity index (χ1n) is 13.0. The van der Waals surface area contributed by atoms with E-state index in [0.717, 1.165) is 39.9 Å². The lowest BCUT2D eigenvalue weighted by Crippen LogP contribution is -2.42. The van der Waals surface area contributed by atoms with Crippen LogP contribution >= 0.6 is 11.6 Å². The van der Waals surface area contributed by atoms with Crippen molar-refractivity contribution >= 4 is 28.6 Å². The molecular weight excluding hydrogens is 530 g/mol. The van der Waals surface area contributed by atoms with E-state index in [9.17, 15) is 4.79 Å². The van der Waals surface area contributed by atoms with Gasteiger partial charge in [0.25, 0.3) is 0 Å². The summed E-state index contributed by atoms with van der Waals surface area (Å²) >= 11 is 6.33. The van der Waals surface area contributed by atoms with Gasteiger partial charge < -0.3 is 29.9 Å². The third-order valence-electron chi connectivity index (χ3n) is 6.89. The average molecular weight is 562 g/mol. The molecule has 4 aromatic rings. The molecule has 1 aromatic heterocycles. The van der Waals surface area contributed by atoms with Crippen LogP contribution in [0.15, 0.2) is 79.1 Å². The molecule has 0 saturated carbocycles. The fourth-order valence-corrected chi connectivity index (χ4v) is 5.15. The first-order chi connectivity index (χ1) is 19.5. The minimum Gasteiger partial charge on any atom is -0.497 e. The van der Waals surface area contributed by atoms with E-state index in [4.69, 9.17) is 37.4 Å². The SMILES string of the molecule is COc1ccc(OC(=O)N2CCc3c([nH]c4ccc(Cl)cc34)C2c2ccc(OCCCN(N)/C=C\N)cc2)cc1. The first kappa shape index (κ1) is 27.2. The van der Waals surface area contributed by atoms with Gasteiger partial charge in [0.2, 0.25) is 0 Å². The zero-order chi connectivity index (χ0) is 28.1. The fourth-order valence-electron chi connectivity index (χ4n) is 4.98. The molecular formula is C30H32ClN5O4. The number of aromatic amines is 1. The average Bonchev–Trinajstić information content (AvgIpc) is 3.33. The number of halogens is 1. The van der Waals surface area contributed by atoms with Crippen LogP contribution in [-0.4, -0.2) is 47.8 Å². The maximum atomic E-state index is 13.5. The predicted octanol–water partition coefficient (Wildman–Crippen LogP) is 5.35. The number of carbonyl (C=O) groups is 1. The molecule has 1 atom stereocenters. The standard InChI is InChI=1S/C30H32ClN5O4/c1-38-22-8-10-24(11-9-22)40-30(37)36-16-13-25-26-19-21(31)5-12-27(26)34-28(25)29(36)20-3-6-23(7-4-20)39-18-2-15-35(33)17-14-32/h3-12,14,17,19,29,34H,2,13,15-16,18,32-33H2,1H3/b17-14-. The smallest absolute Gasteiger partial charge is 0.416 e. The Morgan fingerprint density at radius 3 is 2.55 bits per heavy atom. The Morgan fingerprint density at radius 2 is 1.82 bits per heavy atom. The number of amides is 1. The summed E-state index contributed by atoms with van der Waals surface area (Å²) in [6.45, 7) is 1.60. The Labute approximate surface area is 237 Å². The number of benzene rings is 3. The number of nitrogens with one attached hydrogen (secondary N) is 1. The van der Waals surface area contributed by atoms with E-state index in [-0.39, 0.29) is 6.04 Å². The normalized spacial score (nSPS) is 14.8. The molecule has 208 valence electrons. The minimum atomic E-state index is -0.435. The Kier molecular flexibility index (Phi) is 8.33. The maximum Gasteiger partial charge on any atom is 0.416 e. The van der Waals surface area contributed by atoms with Crippen molar-refractivity contribution in [1.82, 2.24) is 14.9 Å². The van der Waals surface area contributed by atoms with E-state index in [1.165, 1.54) is 11.2 Å². The van der Waals surface area contributed by atoms with Gasteiger partial charge in [-0.2, -0.15) is 0 Å². The number of H-pyrrole nitrogens is 1. The van der Waals surface area contributed by atoms with Crippen molar-refractivity contribution in [2.24, 2.45) is 11.6 Å². The van der Waals surface area contributed by atoms with Crippen molar-refractivity contribution in [2.45, 2.75) is 18.9 Å². The molecule has 1 amide bonds. The van der Waals surface area contributed by atoms with Crippen molar-refractivity contribution in [3.05, 3.63) is 101 Å². The van der Waals surface area contributed by atoms with Gasteiger partial charge in [0, 0.05) is 53.5 Å². The van der Waals surface area contributed by atoms with Gasteiger partial charge >= 0.3 is 6.09 Å². The molecule has 9 nitrogen and oxygen atoms in total. The van der Waals surface area contributed by atoms with Gasteiger partial charge in [0.1, 0.15) is 23.3 Å². The zero-order valence-corrected chi connectivity index (χ0v) is 22.9. The van der Waals surface area contributed by atoms with E-state index < -0.39 is 6.09 Å². The van der Waals surface area contributed by atoms with Crippen molar-refractivity contribution in [1.29, 1.82) is 0 Å². The second kappa shape index (κ2) is 12.2. The third-order valence-corrected chi connectivity index (χ3v) is 7.13. The number of ether oxygens (including phenoxy) is 3. The van der Waals surface area contributed by atoms with Gasteiger partial charge in [0.15, 0.2) is 0 Å². The summed E-state index contributed by atoms with van der Waals surface area (Å²) in [6, 6.07) is 20.1. The van der Waals surface area contributed by atoms with Crippen molar-refractivity contribution < 1.29 is 19.0 Å². The summed E-state index contributed by atoms with van der Waals surface area (Å²) in [7, 11) is 1.59. The van der Waals surface area contributed by atoms with Crippen molar-refractivity contribution in [3.8, 4) is 17.2 Å². The number of carbonyl (C=O) groups excluding carboxylic acids is 1. The monoisotopic (exact) mass is 561 g/mol. The van der Waals surface area contributed by atoms with Crippen LogP contribution in [0.2, 0.25) is 5.02 Å². The molecule has 1 unspecified atom stereocenters. The predicted molar refractivity (Wildman–Crippen MR) is 155 cm³/mol. The molecule has 3 aromatic carbocycles. The maximum absolute atomic E-state index is 13.5. The van der Waals surface area contributed by atoms with Gasteiger partial charge in [-0.3, -0.25) is 4.90 Å². The van der Waals surface area contributed by atoms with Crippen molar-refractivity contribution in [2.75, 3.05) is 26.8 Å². The molecule has 1 aliphatic rings. The number of rotatable bonds is 9. The van der Waals surface area contributed by atoms with E-state index in [1.54, 1.807) is 42.5 Å². The Morgan fingerprint density at radius 1 is 1.10 bits per heavy atom. The summed E-state index contributed by atoms with van der Waals surface area (Å²) in [5, 5.41) is 3.25. The number of aromatic nitrogens is 1. The van der Waals surface area contributed by atoms with Crippen LogP contribution < -0.4 is 25.8 Å². The third kappa shape index (κ3) is 5.95. The van der Waals surface area contributed by atoms with Gasteiger partial charge in [-0.15, -0.1) is 0 Å². The highest BCUT2D eigenvalue weighted by Gasteiger charge is 2.35. The quantitative estimate of drug-likeness (QED) is 0.143. The van der Waals surface area contributed by atoms with Gasteiger partial charge in [-0.1, -0.05) is 23.7 Å². The molecule has 5 N–H and O–H groups in total. The molecule has 0 saturated heterocycles. The lowest BCUT2D eigenvalue weighted by molar-refractivity contribution is 0.135. The summed E-state index contributed by atoms with van der Waals surface area (Å²) in [5.74, 6) is 7.66. The molecule has 0 aliphatic carbocycles. The van der Waals surface area contributed by atoms with E-state index in [0.29, 0.717) is 42.6 Å². The van der Waals surface area contributed by atoms with Gasteiger partial charge in [-0.25, -0.2) is 10.6 Å². The summed E-state index contributed by atoms with van der Waals surface area (Å²) in [6.07, 6.45) is 3.97. The van der Waals surface area contributed by atoms with Crippen LogP contribution in [0.25, 0.3) is 10.9 Å². The molecule has 40 heavy (non-hydrogen) atoms. The molecule has 0 fully saturated rings. The summed E-state index contributed by atoms with van der Waals surface area (Å²) < 4.78 is 16.9. The number of hydrogen-bond donors (Lipinski definition) is 3. The lowest BCUT2D eigenvalue weighted by Gasteiger charge is -2.35. The zero-order valence-electron chi connectivity index (χ0n) is 22.2. The number of fused-ring (bicyclic) bond motifs is 3. The number of hydrogen-bond acceptors (Lipinski definition) is 7. The van der Waals surface area contributed by atoms with Gasteiger partial charge in [-0.05, 0) is 72.1 Å². The molecule has 0 spiro atoms. The highest BCUT2D eigenvalue weighted by molar-refractivity contribution is 6.31. The highest BCUT2D eigenvalue weighted by atomic mass is 35.5. The number of hydrazine groups is 1. The molecule has 0 bridgehead atoms. The topological polar surface area (TPSA) is 119 Å². The highest BCUT2D eigenvalue weighted by Crippen LogP contribution is 2.40. The molecule has 10 heteroatoms. The number of methoxy groups -OCH3 is 1. The Balaban J connectivity index is 1.40. The molecule has 2 heterocycles. The number of nitrogens with two attached hydrogens (primary N) is 2. The van der Waals surface area contributed by atoms with Crippen LogP contribution in [0.4, 0.5) is 4.79 Å². The first-order valence-corrected chi connectivity index (χ1v) is 13.4. The van der Waals surface area contributed by atoms with E-state index in [1.807, 2.05) is 42.5 Å². The summed E-state index contributed by atoms with van der Waals surface area (Å²) in [4.78, 5) is 18.8. The van der Waals surface area contributed by atoms with Crippen LogP contribution in [0, 0.1) is 0 Å². The van der Waals surface area contributed by atoms with E-state index >= 15 is 0 Å². The molecule has 1 aliphatic heterocycles. The molecule has 0 radical (unpaired) electrons. The van der Waals surface area contributed by atoms with Gasteiger partial charge in [0.05, 0.1) is 13.7 Å². The minimum absolute atomic E-state index is 0.386. The molecule has 5 rings (SSSR count). The fraction of sp³-hybridized carbons (Fsp3) is 0.233. The largest absolute Gasteiger partial charge is 0.497 e. The van der Waals surface area contributed by atoms with Crippen LogP contribution in [-0.2, 0) is 6.42 Å². The van der Waals surface area contributed by atoms with Crippen LogP contribution in [0.5, 0.6) is 17.2 Å². The number of nitrogens with zero attached hydrogens (tertiary/aromatic N) is 2. The van der Waals surface area contributed by atoms with Crippen LogP contribution in [0.1, 0.15) is 29.3 Å². The van der Waals surface area contributed by atoms with Crippen molar-refractivity contribution in [3.63, 3.8) is 0 Å². The van der Waals surface area contributed by atoms with E-state index in [2.05, 4.69) is 4.98 Å². The van der Waals surface area contributed by atoms with Crippen LogP contribution in [0.3, 0.4) is 0 Å². The Hall–Kier alpha value is -4.34. The second-order valence-electron chi connectivity index (χ2n) is 9.45. The second-order valence-corrected chi connectivity index (χ2v) is 9.88. The Bertz CT molecular complexity index is 1490. The summed E-state index contributed by atoms with van der Waals surface area (Å²) in [5.41, 5.74) is 9.35. The lowest BCUT2D eigenvalue weighted by atomic mass is 9.92.